The molecule has 98 valence electrons. The number of rotatable bonds is 2. The molecular weight excluding hydrogens is 230 g/mol. The van der Waals surface area contributed by atoms with Crippen molar-refractivity contribution < 1.29 is 4.74 Å². The average Bonchev–Trinajstić information content (AvgIpc) is 2.98. The van der Waals surface area contributed by atoms with Gasteiger partial charge in [0.1, 0.15) is 5.52 Å². The Balaban J connectivity index is 2.12. The number of aryl methyl sites for hydroxylation is 2. The van der Waals surface area contributed by atoms with Gasteiger partial charge in [0, 0.05) is 25.6 Å². The Hall–Kier alpha value is -1.56. The fraction of sp³-hybridized carbons (Fsp3) is 0.667. The van der Waals surface area contributed by atoms with E-state index >= 15 is 0 Å². The topological polar surface area (TPSA) is 70.9 Å². The second-order valence-electron chi connectivity index (χ2n) is 5.09. The molecule has 3 heterocycles. The fourth-order valence-corrected chi connectivity index (χ4v) is 2.86. The summed E-state index contributed by atoms with van der Waals surface area (Å²) < 4.78 is 9.42. The molecule has 2 unspecified atom stereocenters. The van der Waals surface area contributed by atoms with Crippen molar-refractivity contribution in [1.82, 2.24) is 19.3 Å². The van der Waals surface area contributed by atoms with Crippen LogP contribution in [0.25, 0.3) is 11.2 Å². The van der Waals surface area contributed by atoms with Crippen LogP contribution in [0.2, 0.25) is 0 Å². The van der Waals surface area contributed by atoms with Gasteiger partial charge < -0.3 is 10.5 Å². The van der Waals surface area contributed by atoms with Crippen molar-refractivity contribution in [2.75, 3.05) is 18.9 Å². The average molecular weight is 249 g/mol. The van der Waals surface area contributed by atoms with E-state index in [1.165, 1.54) is 0 Å². The summed E-state index contributed by atoms with van der Waals surface area (Å²) in [4.78, 5) is 4.44. The molecule has 1 aliphatic rings. The zero-order valence-corrected chi connectivity index (χ0v) is 11.1. The van der Waals surface area contributed by atoms with Gasteiger partial charge in [0.05, 0.1) is 12.3 Å². The van der Waals surface area contributed by atoms with Gasteiger partial charge in [-0.3, -0.25) is 9.25 Å². The van der Waals surface area contributed by atoms with E-state index in [4.69, 9.17) is 10.5 Å². The zero-order chi connectivity index (χ0) is 12.9. The molecule has 2 aromatic rings. The highest BCUT2D eigenvalue weighted by Gasteiger charge is 2.28. The van der Waals surface area contributed by atoms with Crippen LogP contribution >= 0.6 is 0 Å². The summed E-state index contributed by atoms with van der Waals surface area (Å²) in [5.74, 6) is 1.07. The minimum absolute atomic E-state index is 0.285. The lowest BCUT2D eigenvalue weighted by Gasteiger charge is -2.21. The van der Waals surface area contributed by atoms with Gasteiger partial charge >= 0.3 is 0 Å². The molecule has 2 atom stereocenters. The molecule has 3 rings (SSSR count). The van der Waals surface area contributed by atoms with Crippen LogP contribution in [-0.2, 0) is 11.8 Å². The number of aromatic nitrogens is 4. The van der Waals surface area contributed by atoms with Crippen LogP contribution in [0.4, 0.5) is 5.95 Å². The Morgan fingerprint density at radius 1 is 1.50 bits per heavy atom. The van der Waals surface area contributed by atoms with Gasteiger partial charge in [-0.25, -0.2) is 4.98 Å². The number of ether oxygens (including phenoxy) is 1. The van der Waals surface area contributed by atoms with Crippen LogP contribution in [0.15, 0.2) is 0 Å². The SMILES string of the molecule is Cc1nn(C)c2c1nc(N)n2C(C)C1CCOC1. The summed E-state index contributed by atoms with van der Waals surface area (Å²) in [7, 11) is 1.94. The first-order chi connectivity index (χ1) is 8.59. The maximum absolute atomic E-state index is 6.07. The van der Waals surface area contributed by atoms with E-state index in [0.717, 1.165) is 36.5 Å². The molecule has 0 radical (unpaired) electrons. The molecule has 0 aliphatic carbocycles. The van der Waals surface area contributed by atoms with Gasteiger partial charge in [-0.05, 0) is 20.3 Å². The molecule has 1 saturated heterocycles. The van der Waals surface area contributed by atoms with Gasteiger partial charge in [-0.1, -0.05) is 0 Å². The number of nitrogen functional groups attached to an aromatic ring is 1. The summed E-state index contributed by atoms with van der Waals surface area (Å²) >= 11 is 0. The molecule has 1 aliphatic heterocycles. The van der Waals surface area contributed by atoms with Crippen LogP contribution in [-0.4, -0.2) is 32.5 Å². The summed E-state index contributed by atoms with van der Waals surface area (Å²) in [5.41, 5.74) is 8.91. The summed E-state index contributed by atoms with van der Waals surface area (Å²) in [6, 6.07) is 0.285. The first kappa shape index (κ1) is 11.5. The van der Waals surface area contributed by atoms with Crippen molar-refractivity contribution in [2.24, 2.45) is 13.0 Å². The molecule has 0 aromatic carbocycles. The second kappa shape index (κ2) is 3.98. The third kappa shape index (κ3) is 1.52. The fourth-order valence-electron chi connectivity index (χ4n) is 2.86. The number of fused-ring (bicyclic) bond motifs is 1. The second-order valence-corrected chi connectivity index (χ2v) is 5.09. The van der Waals surface area contributed by atoms with Crippen molar-refractivity contribution in [2.45, 2.75) is 26.3 Å². The third-order valence-corrected chi connectivity index (χ3v) is 3.92. The molecule has 6 nitrogen and oxygen atoms in total. The molecule has 0 bridgehead atoms. The number of nitrogens with two attached hydrogens (primary N) is 1. The lowest BCUT2D eigenvalue weighted by Crippen LogP contribution is -2.19. The van der Waals surface area contributed by atoms with Gasteiger partial charge in [-0.2, -0.15) is 5.10 Å². The predicted molar refractivity (Wildman–Crippen MR) is 69.3 cm³/mol. The van der Waals surface area contributed by atoms with E-state index < -0.39 is 0 Å². The highest BCUT2D eigenvalue weighted by molar-refractivity contribution is 5.77. The Morgan fingerprint density at radius 3 is 2.94 bits per heavy atom. The highest BCUT2D eigenvalue weighted by atomic mass is 16.5. The standard InChI is InChI=1S/C12H19N5O/c1-7-10-11(16(3)15-7)17(12(13)14-10)8(2)9-4-5-18-6-9/h8-9H,4-6H2,1-3H3,(H2,13,14). The number of hydrogen-bond acceptors (Lipinski definition) is 4. The molecule has 0 spiro atoms. The van der Waals surface area contributed by atoms with Crippen LogP contribution in [0.1, 0.15) is 25.1 Å². The number of imidazole rings is 1. The van der Waals surface area contributed by atoms with Crippen LogP contribution < -0.4 is 5.73 Å². The Kier molecular flexibility index (Phi) is 2.55. The minimum Gasteiger partial charge on any atom is -0.381 e. The van der Waals surface area contributed by atoms with Crippen molar-refractivity contribution in [1.29, 1.82) is 0 Å². The van der Waals surface area contributed by atoms with Crippen molar-refractivity contribution in [3.05, 3.63) is 5.69 Å². The summed E-state index contributed by atoms with van der Waals surface area (Å²) in [5, 5.41) is 4.41. The Labute approximate surface area is 106 Å². The molecule has 0 amide bonds. The lowest BCUT2D eigenvalue weighted by atomic mass is 10.0. The van der Waals surface area contributed by atoms with Crippen LogP contribution in [0.5, 0.6) is 0 Å². The van der Waals surface area contributed by atoms with E-state index in [1.807, 2.05) is 18.7 Å². The Bertz CT molecular complexity index is 579. The van der Waals surface area contributed by atoms with E-state index in [0.29, 0.717) is 11.9 Å². The van der Waals surface area contributed by atoms with Crippen molar-refractivity contribution in [3.8, 4) is 0 Å². The number of hydrogen-bond donors (Lipinski definition) is 1. The van der Waals surface area contributed by atoms with Crippen molar-refractivity contribution >= 4 is 17.1 Å². The molecule has 18 heavy (non-hydrogen) atoms. The molecular formula is C12H19N5O. The largest absolute Gasteiger partial charge is 0.381 e. The van der Waals surface area contributed by atoms with Gasteiger partial charge in [0.25, 0.3) is 0 Å². The number of anilines is 1. The van der Waals surface area contributed by atoms with Crippen LogP contribution in [0.3, 0.4) is 0 Å². The summed E-state index contributed by atoms with van der Waals surface area (Å²) in [6.45, 7) is 5.79. The predicted octanol–water partition coefficient (Wildman–Crippen LogP) is 1.26. The van der Waals surface area contributed by atoms with E-state index in [9.17, 15) is 0 Å². The molecule has 6 heteroatoms. The quantitative estimate of drug-likeness (QED) is 0.869. The van der Waals surface area contributed by atoms with Gasteiger partial charge in [0.15, 0.2) is 5.65 Å². The smallest absolute Gasteiger partial charge is 0.202 e. The number of nitrogens with zero attached hydrogens (tertiary/aromatic N) is 4. The molecule has 2 N–H and O–H groups in total. The lowest BCUT2D eigenvalue weighted by molar-refractivity contribution is 0.176. The van der Waals surface area contributed by atoms with Gasteiger partial charge in [-0.15, -0.1) is 0 Å². The first-order valence-corrected chi connectivity index (χ1v) is 6.34. The Morgan fingerprint density at radius 2 is 2.28 bits per heavy atom. The van der Waals surface area contributed by atoms with Gasteiger partial charge in [0.2, 0.25) is 5.95 Å². The monoisotopic (exact) mass is 249 g/mol. The maximum Gasteiger partial charge on any atom is 0.202 e. The highest BCUT2D eigenvalue weighted by Crippen LogP contribution is 2.32. The van der Waals surface area contributed by atoms with Crippen molar-refractivity contribution in [3.63, 3.8) is 0 Å². The van der Waals surface area contributed by atoms with E-state index in [-0.39, 0.29) is 6.04 Å². The summed E-state index contributed by atoms with van der Waals surface area (Å²) in [6.07, 6.45) is 1.08. The van der Waals surface area contributed by atoms with Crippen LogP contribution in [0, 0.1) is 12.8 Å². The molecule has 2 aromatic heterocycles. The molecule has 1 fully saturated rings. The molecule has 0 saturated carbocycles. The van der Waals surface area contributed by atoms with E-state index in [2.05, 4.69) is 21.6 Å². The third-order valence-electron chi connectivity index (χ3n) is 3.92. The first-order valence-electron chi connectivity index (χ1n) is 6.34. The normalized spacial score (nSPS) is 21.8. The minimum atomic E-state index is 0.285. The zero-order valence-electron chi connectivity index (χ0n) is 11.1. The maximum atomic E-state index is 6.07. The van der Waals surface area contributed by atoms with E-state index in [1.54, 1.807) is 0 Å².